The number of ether oxygens (including phenoxy) is 1. The zero-order valence-electron chi connectivity index (χ0n) is 17.3. The van der Waals surface area contributed by atoms with E-state index in [0.717, 1.165) is 28.9 Å². The lowest BCUT2D eigenvalue weighted by atomic mass is 9.91. The summed E-state index contributed by atoms with van der Waals surface area (Å²) in [7, 11) is 0. The molecule has 1 amide bonds. The molecule has 1 atom stereocenters. The molecule has 31 heavy (non-hydrogen) atoms. The van der Waals surface area contributed by atoms with Crippen LogP contribution in [0.4, 0.5) is 4.39 Å². The Bertz CT molecular complexity index is 1260. The first-order valence-electron chi connectivity index (χ1n) is 10.5. The molecule has 0 saturated carbocycles. The lowest BCUT2D eigenvalue weighted by Crippen LogP contribution is -2.40. The Morgan fingerprint density at radius 1 is 1.10 bits per heavy atom. The lowest BCUT2D eigenvalue weighted by molar-refractivity contribution is 0.0691. The van der Waals surface area contributed by atoms with Crippen molar-refractivity contribution in [2.75, 3.05) is 13.2 Å². The number of aromatic nitrogens is 1. The second-order valence-electron chi connectivity index (χ2n) is 7.73. The third kappa shape index (κ3) is 3.46. The van der Waals surface area contributed by atoms with Gasteiger partial charge in [0, 0.05) is 28.7 Å². The molecule has 1 unspecified atom stereocenters. The molecule has 0 fully saturated rings. The first-order valence-corrected chi connectivity index (χ1v) is 10.5. The highest BCUT2D eigenvalue weighted by molar-refractivity contribution is 5.95. The second-order valence-corrected chi connectivity index (χ2v) is 7.73. The van der Waals surface area contributed by atoms with Crippen molar-refractivity contribution < 1.29 is 13.9 Å². The van der Waals surface area contributed by atoms with Gasteiger partial charge in [0.25, 0.3) is 5.91 Å². The number of H-pyrrole nitrogens is 1. The van der Waals surface area contributed by atoms with E-state index in [-0.39, 0.29) is 11.9 Å². The van der Waals surface area contributed by atoms with Crippen LogP contribution in [0.5, 0.6) is 5.75 Å². The largest absolute Gasteiger partial charge is 0.494 e. The number of halogens is 1. The maximum Gasteiger partial charge on any atom is 0.254 e. The Labute approximate surface area is 180 Å². The van der Waals surface area contributed by atoms with Crippen molar-refractivity contribution in [3.05, 3.63) is 101 Å². The minimum absolute atomic E-state index is 0.185. The third-order valence-corrected chi connectivity index (χ3v) is 5.85. The number of nitrogens with zero attached hydrogens (tertiary/aromatic N) is 1. The van der Waals surface area contributed by atoms with Crippen LogP contribution in [0.3, 0.4) is 0 Å². The van der Waals surface area contributed by atoms with Crippen LogP contribution in [0.15, 0.2) is 72.8 Å². The molecule has 1 aliphatic rings. The van der Waals surface area contributed by atoms with Gasteiger partial charge in [-0.1, -0.05) is 36.4 Å². The van der Waals surface area contributed by atoms with Crippen molar-refractivity contribution >= 4 is 16.8 Å². The summed E-state index contributed by atoms with van der Waals surface area (Å²) in [6.07, 6.45) is 0.738. The van der Waals surface area contributed by atoms with Crippen molar-refractivity contribution in [2.24, 2.45) is 0 Å². The van der Waals surface area contributed by atoms with Crippen molar-refractivity contribution in [1.29, 1.82) is 0 Å². The van der Waals surface area contributed by atoms with Gasteiger partial charge in [-0.25, -0.2) is 4.39 Å². The molecule has 0 aliphatic carbocycles. The molecule has 0 radical (unpaired) electrons. The van der Waals surface area contributed by atoms with E-state index in [1.807, 2.05) is 48.2 Å². The predicted octanol–water partition coefficient (Wildman–Crippen LogP) is 5.49. The molecule has 5 heteroatoms. The summed E-state index contributed by atoms with van der Waals surface area (Å²) in [6, 6.07) is 21.7. The summed E-state index contributed by atoms with van der Waals surface area (Å²) in [4.78, 5) is 18.9. The summed E-state index contributed by atoms with van der Waals surface area (Å²) in [6.45, 7) is 3.06. The minimum atomic E-state index is -0.413. The number of carbonyl (C=O) groups excluding carboxylic acids is 1. The van der Waals surface area contributed by atoms with E-state index in [1.165, 1.54) is 23.1 Å². The van der Waals surface area contributed by atoms with Crippen LogP contribution in [0, 0.1) is 5.82 Å². The first-order chi connectivity index (χ1) is 15.2. The van der Waals surface area contributed by atoms with Gasteiger partial charge >= 0.3 is 0 Å². The molecule has 156 valence electrons. The molecule has 0 spiro atoms. The monoisotopic (exact) mass is 414 g/mol. The van der Waals surface area contributed by atoms with Crippen LogP contribution in [0.2, 0.25) is 0 Å². The quantitative estimate of drug-likeness (QED) is 0.480. The SMILES string of the molecule is CCOc1cccc(C2c3[nH]c4ccccc4c3CCN2C(=O)c2cccc(F)c2)c1. The van der Waals surface area contributed by atoms with Crippen molar-refractivity contribution in [1.82, 2.24) is 9.88 Å². The molecular weight excluding hydrogens is 391 g/mol. The van der Waals surface area contributed by atoms with Gasteiger partial charge in [-0.2, -0.15) is 0 Å². The first kappa shape index (κ1) is 19.4. The smallest absolute Gasteiger partial charge is 0.254 e. The number of aromatic amines is 1. The van der Waals surface area contributed by atoms with Gasteiger partial charge in [-0.15, -0.1) is 0 Å². The van der Waals surface area contributed by atoms with Crippen LogP contribution >= 0.6 is 0 Å². The van der Waals surface area contributed by atoms with E-state index >= 15 is 0 Å². The molecule has 5 rings (SSSR count). The van der Waals surface area contributed by atoms with Gasteiger partial charge in [0.1, 0.15) is 11.6 Å². The Kier molecular flexibility index (Phi) is 4.94. The molecule has 1 N–H and O–H groups in total. The van der Waals surface area contributed by atoms with Crippen LogP contribution in [0.1, 0.15) is 40.1 Å². The highest BCUT2D eigenvalue weighted by Crippen LogP contribution is 2.39. The summed E-state index contributed by atoms with van der Waals surface area (Å²) in [5.74, 6) is 0.168. The van der Waals surface area contributed by atoms with Crippen LogP contribution < -0.4 is 4.74 Å². The Hall–Kier alpha value is -3.60. The van der Waals surface area contributed by atoms with Gasteiger partial charge < -0.3 is 14.6 Å². The Morgan fingerprint density at radius 2 is 1.94 bits per heavy atom. The highest BCUT2D eigenvalue weighted by Gasteiger charge is 2.35. The van der Waals surface area contributed by atoms with Gasteiger partial charge in [0.05, 0.1) is 12.6 Å². The van der Waals surface area contributed by atoms with Crippen LogP contribution in [0.25, 0.3) is 10.9 Å². The maximum absolute atomic E-state index is 13.8. The van der Waals surface area contributed by atoms with Gasteiger partial charge in [-0.3, -0.25) is 4.79 Å². The summed E-state index contributed by atoms with van der Waals surface area (Å²) in [5.41, 5.74) is 4.60. The van der Waals surface area contributed by atoms with E-state index < -0.39 is 5.82 Å². The normalized spacial score (nSPS) is 15.7. The number of amides is 1. The topological polar surface area (TPSA) is 45.3 Å². The zero-order chi connectivity index (χ0) is 21.4. The molecule has 1 aromatic heterocycles. The summed E-state index contributed by atoms with van der Waals surface area (Å²) >= 11 is 0. The van der Waals surface area contributed by atoms with Crippen molar-refractivity contribution in [2.45, 2.75) is 19.4 Å². The maximum atomic E-state index is 13.8. The second kappa shape index (κ2) is 7.91. The zero-order valence-corrected chi connectivity index (χ0v) is 17.3. The van der Waals surface area contributed by atoms with E-state index in [9.17, 15) is 9.18 Å². The number of hydrogen-bond acceptors (Lipinski definition) is 2. The molecule has 1 aliphatic heterocycles. The summed E-state index contributed by atoms with van der Waals surface area (Å²) in [5, 5.41) is 1.18. The summed E-state index contributed by atoms with van der Waals surface area (Å²) < 4.78 is 19.6. The van der Waals surface area contributed by atoms with Gasteiger partial charge in [0.2, 0.25) is 0 Å². The molecule has 2 heterocycles. The number of benzene rings is 3. The lowest BCUT2D eigenvalue weighted by Gasteiger charge is -2.36. The number of carbonyl (C=O) groups is 1. The molecule has 3 aromatic carbocycles. The Morgan fingerprint density at radius 3 is 2.77 bits per heavy atom. The fourth-order valence-electron chi connectivity index (χ4n) is 4.53. The number of para-hydroxylation sites is 1. The molecule has 0 bridgehead atoms. The van der Waals surface area contributed by atoms with Crippen molar-refractivity contribution in [3.8, 4) is 5.75 Å². The predicted molar refractivity (Wildman–Crippen MR) is 119 cm³/mol. The third-order valence-electron chi connectivity index (χ3n) is 5.85. The average molecular weight is 414 g/mol. The van der Waals surface area contributed by atoms with Gasteiger partial charge in [0.15, 0.2) is 0 Å². The fourth-order valence-corrected chi connectivity index (χ4v) is 4.53. The molecule has 4 nitrogen and oxygen atoms in total. The van der Waals surface area contributed by atoms with Gasteiger partial charge in [-0.05, 0) is 60.9 Å². The average Bonchev–Trinajstić information content (AvgIpc) is 3.17. The van der Waals surface area contributed by atoms with E-state index in [0.29, 0.717) is 18.7 Å². The van der Waals surface area contributed by atoms with Crippen molar-refractivity contribution in [3.63, 3.8) is 0 Å². The van der Waals surface area contributed by atoms with E-state index in [4.69, 9.17) is 4.74 Å². The van der Waals surface area contributed by atoms with E-state index in [1.54, 1.807) is 12.1 Å². The molecular formula is C26H23FN2O2. The highest BCUT2D eigenvalue weighted by atomic mass is 19.1. The standard InChI is InChI=1S/C26H23FN2O2/c1-2-31-20-10-6-7-17(16-20)25-24-22(21-11-3-4-12-23(21)28-24)13-14-29(25)26(30)18-8-5-9-19(27)15-18/h3-12,15-16,25,28H,2,13-14H2,1H3. The molecule has 4 aromatic rings. The Balaban J connectivity index is 1.66. The fraction of sp³-hybridized carbons (Fsp3) is 0.192. The number of rotatable bonds is 4. The van der Waals surface area contributed by atoms with Crippen LogP contribution in [-0.2, 0) is 6.42 Å². The van der Waals surface area contributed by atoms with Crippen LogP contribution in [-0.4, -0.2) is 28.9 Å². The molecule has 0 saturated heterocycles. The number of hydrogen-bond donors (Lipinski definition) is 1. The minimum Gasteiger partial charge on any atom is -0.494 e. The number of nitrogens with one attached hydrogen (secondary N) is 1. The van der Waals surface area contributed by atoms with E-state index in [2.05, 4.69) is 17.1 Å². The number of fused-ring (bicyclic) bond motifs is 3.